The van der Waals surface area contributed by atoms with Gasteiger partial charge in [0.05, 0.1) is 0 Å². The molecule has 0 aromatic carbocycles. The number of nitrogens with one attached hydrogen (secondary N) is 1. The molecule has 2 rings (SSSR count). The Morgan fingerprint density at radius 1 is 1.27 bits per heavy atom. The van der Waals surface area contributed by atoms with E-state index in [-0.39, 0.29) is 0 Å². The van der Waals surface area contributed by atoms with E-state index >= 15 is 0 Å². The molecule has 1 aliphatic carbocycles. The summed E-state index contributed by atoms with van der Waals surface area (Å²) in [6.45, 7) is 6.30. The van der Waals surface area contributed by atoms with Crippen molar-refractivity contribution in [2.45, 2.75) is 38.6 Å². The van der Waals surface area contributed by atoms with E-state index in [2.05, 4.69) is 10.2 Å². The SMILES string of the molecule is CC(=O)[C@@H]1CCC[C@@H](N2CCNCC2)C1. The van der Waals surface area contributed by atoms with Gasteiger partial charge in [-0.1, -0.05) is 6.42 Å². The summed E-state index contributed by atoms with van der Waals surface area (Å²) in [7, 11) is 0. The molecule has 2 aliphatic rings. The number of carbonyl (C=O) groups excluding carboxylic acids is 1. The number of rotatable bonds is 2. The maximum atomic E-state index is 11.4. The predicted octanol–water partition coefficient (Wildman–Crippen LogP) is 1.04. The Morgan fingerprint density at radius 3 is 2.67 bits per heavy atom. The largest absolute Gasteiger partial charge is 0.314 e. The molecule has 86 valence electrons. The van der Waals surface area contributed by atoms with E-state index in [1.165, 1.54) is 12.8 Å². The van der Waals surface area contributed by atoms with E-state index in [4.69, 9.17) is 0 Å². The van der Waals surface area contributed by atoms with Gasteiger partial charge in [0.1, 0.15) is 5.78 Å². The average Bonchev–Trinajstić information content (AvgIpc) is 2.30. The molecule has 1 saturated heterocycles. The highest BCUT2D eigenvalue weighted by atomic mass is 16.1. The van der Waals surface area contributed by atoms with Crippen LogP contribution in [0.5, 0.6) is 0 Å². The molecule has 1 N–H and O–H groups in total. The van der Waals surface area contributed by atoms with Gasteiger partial charge in [-0.25, -0.2) is 0 Å². The summed E-state index contributed by atoms with van der Waals surface area (Å²) in [4.78, 5) is 14.0. The summed E-state index contributed by atoms with van der Waals surface area (Å²) in [6.07, 6.45) is 4.76. The van der Waals surface area contributed by atoms with E-state index in [1.54, 1.807) is 6.92 Å². The van der Waals surface area contributed by atoms with Crippen molar-refractivity contribution >= 4 is 5.78 Å². The molecule has 0 aromatic heterocycles. The first-order valence-electron chi connectivity index (χ1n) is 6.22. The van der Waals surface area contributed by atoms with Crippen LogP contribution in [-0.4, -0.2) is 42.9 Å². The quantitative estimate of drug-likeness (QED) is 0.739. The second kappa shape index (κ2) is 5.08. The molecule has 2 atom stereocenters. The summed E-state index contributed by atoms with van der Waals surface area (Å²) < 4.78 is 0. The molecule has 3 heteroatoms. The van der Waals surface area contributed by atoms with Crippen LogP contribution in [0.15, 0.2) is 0 Å². The van der Waals surface area contributed by atoms with Gasteiger partial charge < -0.3 is 5.32 Å². The van der Waals surface area contributed by atoms with Gasteiger partial charge in [0.15, 0.2) is 0 Å². The van der Waals surface area contributed by atoms with Crippen molar-refractivity contribution in [2.75, 3.05) is 26.2 Å². The molecule has 0 radical (unpaired) electrons. The third-order valence-electron chi connectivity index (χ3n) is 3.89. The number of hydrogen-bond acceptors (Lipinski definition) is 3. The topological polar surface area (TPSA) is 32.3 Å². The number of piperazine rings is 1. The van der Waals surface area contributed by atoms with Crippen LogP contribution in [0.2, 0.25) is 0 Å². The van der Waals surface area contributed by atoms with Gasteiger partial charge in [-0.15, -0.1) is 0 Å². The van der Waals surface area contributed by atoms with E-state index in [9.17, 15) is 4.79 Å². The van der Waals surface area contributed by atoms with Crippen LogP contribution in [0.4, 0.5) is 0 Å². The van der Waals surface area contributed by atoms with Gasteiger partial charge in [-0.05, 0) is 26.2 Å². The number of ketones is 1. The van der Waals surface area contributed by atoms with Crippen molar-refractivity contribution in [3.05, 3.63) is 0 Å². The molecule has 1 aliphatic heterocycles. The zero-order valence-electron chi connectivity index (χ0n) is 9.67. The third-order valence-corrected chi connectivity index (χ3v) is 3.89. The van der Waals surface area contributed by atoms with Gasteiger partial charge in [0, 0.05) is 38.1 Å². The maximum absolute atomic E-state index is 11.4. The minimum Gasteiger partial charge on any atom is -0.314 e. The zero-order valence-corrected chi connectivity index (χ0v) is 9.67. The molecule has 0 bridgehead atoms. The lowest BCUT2D eigenvalue weighted by Gasteiger charge is -2.39. The summed E-state index contributed by atoms with van der Waals surface area (Å²) in [5.41, 5.74) is 0. The molecule has 1 heterocycles. The van der Waals surface area contributed by atoms with Crippen LogP contribution in [0, 0.1) is 5.92 Å². The molecular formula is C12H22N2O. The molecule has 0 amide bonds. The first-order chi connectivity index (χ1) is 7.27. The first-order valence-corrected chi connectivity index (χ1v) is 6.22. The van der Waals surface area contributed by atoms with Gasteiger partial charge in [0.2, 0.25) is 0 Å². The molecule has 0 unspecified atom stereocenters. The van der Waals surface area contributed by atoms with Gasteiger partial charge in [0.25, 0.3) is 0 Å². The Kier molecular flexibility index (Phi) is 3.76. The van der Waals surface area contributed by atoms with Crippen LogP contribution < -0.4 is 5.32 Å². The monoisotopic (exact) mass is 210 g/mol. The maximum Gasteiger partial charge on any atom is 0.132 e. The molecule has 0 spiro atoms. The van der Waals surface area contributed by atoms with Crippen molar-refractivity contribution < 1.29 is 4.79 Å². The highest BCUT2D eigenvalue weighted by Gasteiger charge is 2.29. The fraction of sp³-hybridized carbons (Fsp3) is 0.917. The molecule has 3 nitrogen and oxygen atoms in total. The number of Topliss-reactive ketones (excluding diaryl/α,β-unsaturated/α-hetero) is 1. The number of nitrogens with zero attached hydrogens (tertiary/aromatic N) is 1. The summed E-state index contributed by atoms with van der Waals surface area (Å²) in [6, 6.07) is 0.676. The highest BCUT2D eigenvalue weighted by Crippen LogP contribution is 2.28. The van der Waals surface area contributed by atoms with E-state index in [1.807, 2.05) is 0 Å². The smallest absolute Gasteiger partial charge is 0.132 e. The van der Waals surface area contributed by atoms with Crippen LogP contribution >= 0.6 is 0 Å². The molecule has 2 fully saturated rings. The average molecular weight is 210 g/mol. The molecule has 1 saturated carbocycles. The highest BCUT2D eigenvalue weighted by molar-refractivity contribution is 5.78. The van der Waals surface area contributed by atoms with Crippen molar-refractivity contribution in [3.63, 3.8) is 0 Å². The summed E-state index contributed by atoms with van der Waals surface area (Å²) >= 11 is 0. The number of hydrogen-bond donors (Lipinski definition) is 1. The predicted molar refractivity (Wildman–Crippen MR) is 60.9 cm³/mol. The Hall–Kier alpha value is -0.410. The van der Waals surface area contributed by atoms with Crippen molar-refractivity contribution in [2.24, 2.45) is 5.92 Å². The molecule has 0 aromatic rings. The Balaban J connectivity index is 1.88. The van der Waals surface area contributed by atoms with Crippen molar-refractivity contribution in [1.82, 2.24) is 10.2 Å². The second-order valence-corrected chi connectivity index (χ2v) is 4.91. The lowest BCUT2D eigenvalue weighted by atomic mass is 9.82. The minimum atomic E-state index is 0.346. The lowest BCUT2D eigenvalue weighted by molar-refractivity contribution is -0.122. The standard InChI is InChI=1S/C12H22N2O/c1-10(15)11-3-2-4-12(9-11)14-7-5-13-6-8-14/h11-13H,2-9H2,1H3/t11-,12-/m1/s1. The van der Waals surface area contributed by atoms with Gasteiger partial charge >= 0.3 is 0 Å². The fourth-order valence-corrected chi connectivity index (χ4v) is 2.91. The first kappa shape index (κ1) is 11.1. The minimum absolute atomic E-state index is 0.346. The fourth-order valence-electron chi connectivity index (χ4n) is 2.91. The zero-order chi connectivity index (χ0) is 10.7. The van der Waals surface area contributed by atoms with Crippen LogP contribution in [0.25, 0.3) is 0 Å². The van der Waals surface area contributed by atoms with E-state index in [0.29, 0.717) is 17.7 Å². The van der Waals surface area contributed by atoms with E-state index < -0.39 is 0 Å². The van der Waals surface area contributed by atoms with Crippen LogP contribution in [-0.2, 0) is 4.79 Å². The summed E-state index contributed by atoms with van der Waals surface area (Å²) in [5, 5.41) is 3.38. The Bertz CT molecular complexity index is 224. The van der Waals surface area contributed by atoms with E-state index in [0.717, 1.165) is 39.0 Å². The lowest BCUT2D eigenvalue weighted by Crippen LogP contribution is -2.50. The van der Waals surface area contributed by atoms with Gasteiger partial charge in [-0.2, -0.15) is 0 Å². The van der Waals surface area contributed by atoms with Crippen LogP contribution in [0.1, 0.15) is 32.6 Å². The molecular weight excluding hydrogens is 188 g/mol. The molecule has 15 heavy (non-hydrogen) atoms. The van der Waals surface area contributed by atoms with Crippen molar-refractivity contribution in [3.8, 4) is 0 Å². The summed E-state index contributed by atoms with van der Waals surface area (Å²) in [5.74, 6) is 0.744. The second-order valence-electron chi connectivity index (χ2n) is 4.91. The number of carbonyl (C=O) groups is 1. The third kappa shape index (κ3) is 2.79. The van der Waals surface area contributed by atoms with Crippen molar-refractivity contribution in [1.29, 1.82) is 0 Å². The van der Waals surface area contributed by atoms with Crippen LogP contribution in [0.3, 0.4) is 0 Å². The van der Waals surface area contributed by atoms with Gasteiger partial charge in [-0.3, -0.25) is 9.69 Å². The normalized spacial score (nSPS) is 33.9. The Morgan fingerprint density at radius 2 is 2.00 bits per heavy atom. The Labute approximate surface area is 92.2 Å².